The molecule has 0 fully saturated rings. The van der Waals surface area contributed by atoms with Crippen LogP contribution in [0.3, 0.4) is 0 Å². The summed E-state index contributed by atoms with van der Waals surface area (Å²) in [5.41, 5.74) is 2.00. The van der Waals surface area contributed by atoms with Gasteiger partial charge in [0.1, 0.15) is 11.5 Å². The van der Waals surface area contributed by atoms with E-state index < -0.39 is 0 Å². The third-order valence-electron chi connectivity index (χ3n) is 3.06. The number of nitrogens with one attached hydrogen (secondary N) is 1. The largest absolute Gasteiger partial charge is 0.310 e. The molecule has 102 valence electrons. The van der Waals surface area contributed by atoms with E-state index in [1.54, 1.807) is 19.2 Å². The van der Waals surface area contributed by atoms with Crippen molar-refractivity contribution in [1.29, 1.82) is 0 Å². The highest BCUT2D eigenvalue weighted by atomic mass is 35.5. The van der Waals surface area contributed by atoms with Crippen molar-refractivity contribution < 1.29 is 4.39 Å². The van der Waals surface area contributed by atoms with E-state index in [2.05, 4.69) is 10.4 Å². The third kappa shape index (κ3) is 2.80. The molecule has 1 N–H and O–H groups in total. The smallest absolute Gasteiger partial charge is 0.149 e. The predicted octanol–water partition coefficient (Wildman–Crippen LogP) is 3.64. The molecule has 5 heteroatoms. The van der Waals surface area contributed by atoms with Gasteiger partial charge in [-0.25, -0.2) is 9.07 Å². The molecule has 1 aromatic heterocycles. The molecular weight excluding hydrogens is 265 g/mol. The summed E-state index contributed by atoms with van der Waals surface area (Å²) in [6, 6.07) is 5.08. The molecule has 0 amide bonds. The minimum Gasteiger partial charge on any atom is -0.310 e. The van der Waals surface area contributed by atoms with Crippen LogP contribution in [-0.4, -0.2) is 16.3 Å². The monoisotopic (exact) mass is 281 g/mol. The highest BCUT2D eigenvalue weighted by Gasteiger charge is 2.17. The number of rotatable bonds is 4. The average molecular weight is 282 g/mol. The van der Waals surface area contributed by atoms with Gasteiger partial charge in [-0.3, -0.25) is 0 Å². The molecule has 19 heavy (non-hydrogen) atoms. The molecule has 2 rings (SSSR count). The Labute approximate surface area is 117 Å². The molecule has 0 aliphatic carbocycles. The zero-order valence-electron chi connectivity index (χ0n) is 11.2. The summed E-state index contributed by atoms with van der Waals surface area (Å²) < 4.78 is 15.7. The lowest BCUT2D eigenvalue weighted by atomic mass is 10.1. The van der Waals surface area contributed by atoms with Gasteiger partial charge in [0.2, 0.25) is 0 Å². The molecule has 1 heterocycles. The van der Waals surface area contributed by atoms with Gasteiger partial charge in [0.05, 0.1) is 10.7 Å². The van der Waals surface area contributed by atoms with Gasteiger partial charge in [0.15, 0.2) is 0 Å². The first-order valence-corrected chi connectivity index (χ1v) is 6.66. The average Bonchev–Trinajstić information content (AvgIpc) is 2.69. The second kappa shape index (κ2) is 5.72. The highest BCUT2D eigenvalue weighted by molar-refractivity contribution is 6.31. The number of aryl methyl sites for hydroxylation is 1. The normalized spacial score (nSPS) is 12.7. The van der Waals surface area contributed by atoms with Crippen molar-refractivity contribution in [3.63, 3.8) is 0 Å². The third-order valence-corrected chi connectivity index (χ3v) is 3.43. The van der Waals surface area contributed by atoms with E-state index in [0.29, 0.717) is 16.4 Å². The summed E-state index contributed by atoms with van der Waals surface area (Å²) in [5.74, 6) is -0.304. The number of hydrogen-bond acceptors (Lipinski definition) is 2. The summed E-state index contributed by atoms with van der Waals surface area (Å²) >= 11 is 6.00. The molecule has 0 aliphatic heterocycles. The molecule has 0 aliphatic rings. The van der Waals surface area contributed by atoms with E-state index in [-0.39, 0.29) is 11.9 Å². The van der Waals surface area contributed by atoms with E-state index in [9.17, 15) is 4.39 Å². The van der Waals surface area contributed by atoms with E-state index in [1.165, 1.54) is 10.7 Å². The molecule has 0 bridgehead atoms. The van der Waals surface area contributed by atoms with Gasteiger partial charge in [-0.05, 0) is 32.0 Å². The first-order valence-electron chi connectivity index (χ1n) is 6.28. The van der Waals surface area contributed by atoms with Crippen LogP contribution in [0.15, 0.2) is 24.4 Å². The molecule has 2 aromatic rings. The van der Waals surface area contributed by atoms with Crippen molar-refractivity contribution in [2.75, 3.05) is 6.54 Å². The van der Waals surface area contributed by atoms with Crippen molar-refractivity contribution in [2.24, 2.45) is 0 Å². The second-order valence-electron chi connectivity index (χ2n) is 4.46. The van der Waals surface area contributed by atoms with E-state index in [4.69, 9.17) is 11.6 Å². The Kier molecular flexibility index (Phi) is 4.22. The van der Waals surface area contributed by atoms with Crippen molar-refractivity contribution in [2.45, 2.75) is 26.8 Å². The highest BCUT2D eigenvalue weighted by Crippen LogP contribution is 2.26. The Hall–Kier alpha value is -1.39. The maximum Gasteiger partial charge on any atom is 0.149 e. The van der Waals surface area contributed by atoms with Crippen LogP contribution >= 0.6 is 11.6 Å². The van der Waals surface area contributed by atoms with Crippen molar-refractivity contribution in [1.82, 2.24) is 15.1 Å². The van der Waals surface area contributed by atoms with Crippen LogP contribution in [0.4, 0.5) is 4.39 Å². The molecule has 0 saturated carbocycles. The van der Waals surface area contributed by atoms with Crippen molar-refractivity contribution in [3.05, 3.63) is 46.5 Å². The fourth-order valence-electron chi connectivity index (χ4n) is 2.09. The van der Waals surface area contributed by atoms with Gasteiger partial charge >= 0.3 is 0 Å². The summed E-state index contributed by atoms with van der Waals surface area (Å²) in [7, 11) is 0. The molecule has 1 unspecified atom stereocenters. The lowest BCUT2D eigenvalue weighted by Crippen LogP contribution is -2.20. The molecule has 1 atom stereocenters. The van der Waals surface area contributed by atoms with Crippen molar-refractivity contribution >= 4 is 11.6 Å². The Morgan fingerprint density at radius 2 is 2.21 bits per heavy atom. The van der Waals surface area contributed by atoms with Crippen LogP contribution < -0.4 is 5.32 Å². The quantitative estimate of drug-likeness (QED) is 0.927. The number of benzene rings is 1. The van der Waals surface area contributed by atoms with Gasteiger partial charge < -0.3 is 5.32 Å². The Morgan fingerprint density at radius 3 is 2.79 bits per heavy atom. The van der Waals surface area contributed by atoms with Gasteiger partial charge in [0, 0.05) is 12.2 Å². The minimum atomic E-state index is -0.304. The Morgan fingerprint density at radius 1 is 1.47 bits per heavy atom. The van der Waals surface area contributed by atoms with Crippen LogP contribution in [-0.2, 0) is 0 Å². The molecule has 0 saturated heterocycles. The van der Waals surface area contributed by atoms with Crippen LogP contribution in [0.5, 0.6) is 0 Å². The molecular formula is C14H17ClFN3. The lowest BCUT2D eigenvalue weighted by molar-refractivity contribution is 0.569. The summed E-state index contributed by atoms with van der Waals surface area (Å²) in [6.45, 7) is 6.63. The summed E-state index contributed by atoms with van der Waals surface area (Å²) in [6.07, 6.45) is 1.64. The van der Waals surface area contributed by atoms with Gasteiger partial charge in [-0.1, -0.05) is 30.7 Å². The van der Waals surface area contributed by atoms with Crippen LogP contribution in [0.25, 0.3) is 5.69 Å². The molecule has 0 radical (unpaired) electrons. The fraction of sp³-hybridized carbons (Fsp3) is 0.357. The zero-order valence-corrected chi connectivity index (χ0v) is 12.0. The molecule has 3 nitrogen and oxygen atoms in total. The maximum atomic E-state index is 14.1. The fourth-order valence-corrected chi connectivity index (χ4v) is 2.22. The van der Waals surface area contributed by atoms with Crippen LogP contribution in [0, 0.1) is 12.7 Å². The summed E-state index contributed by atoms with van der Waals surface area (Å²) in [4.78, 5) is 0. The van der Waals surface area contributed by atoms with Gasteiger partial charge in [-0.15, -0.1) is 0 Å². The number of halogens is 2. The first kappa shape index (κ1) is 14.0. The number of nitrogens with zero attached hydrogens (tertiary/aromatic N) is 2. The Bertz CT molecular complexity index is 561. The van der Waals surface area contributed by atoms with E-state index in [0.717, 1.165) is 12.1 Å². The first-order chi connectivity index (χ1) is 9.04. The topological polar surface area (TPSA) is 29.9 Å². The Balaban J connectivity index is 2.54. The second-order valence-corrected chi connectivity index (χ2v) is 4.87. The minimum absolute atomic E-state index is 0.0407. The lowest BCUT2D eigenvalue weighted by Gasteiger charge is -2.17. The standard InChI is InChI=1S/C14H17ClFN3/c1-4-17-9(2)11-6-5-7-13(16)14(11)19-8-12(15)10(3)18-19/h5-9,17H,4H2,1-3H3. The van der Waals surface area contributed by atoms with E-state index in [1.807, 2.05) is 19.9 Å². The van der Waals surface area contributed by atoms with Gasteiger partial charge in [-0.2, -0.15) is 5.10 Å². The zero-order chi connectivity index (χ0) is 14.0. The maximum absolute atomic E-state index is 14.1. The number of para-hydroxylation sites is 1. The summed E-state index contributed by atoms with van der Waals surface area (Å²) in [5, 5.41) is 8.07. The van der Waals surface area contributed by atoms with Crippen LogP contribution in [0.2, 0.25) is 5.02 Å². The SMILES string of the molecule is CCNC(C)c1cccc(F)c1-n1cc(Cl)c(C)n1. The van der Waals surface area contributed by atoms with Gasteiger partial charge in [0.25, 0.3) is 0 Å². The predicted molar refractivity (Wildman–Crippen MR) is 75.4 cm³/mol. The number of aromatic nitrogens is 2. The number of hydrogen-bond donors (Lipinski definition) is 1. The molecule has 0 spiro atoms. The van der Waals surface area contributed by atoms with Crippen LogP contribution in [0.1, 0.15) is 31.1 Å². The molecule has 1 aromatic carbocycles. The van der Waals surface area contributed by atoms with Crippen molar-refractivity contribution in [3.8, 4) is 5.69 Å². The van der Waals surface area contributed by atoms with E-state index >= 15 is 0 Å².